The summed E-state index contributed by atoms with van der Waals surface area (Å²) < 4.78 is 4.88. The summed E-state index contributed by atoms with van der Waals surface area (Å²) in [4.78, 5) is 21.8. The SMILES string of the molecule is C.C.CC(C)[C@@H]1C2CC(C2)N1C(C)C.CC(C)[C@@H]1C2CCC(C2)N1C(C)C.COC(=O)N1CC2CC1[C@@H](C(C)C)N2C(C)C. The van der Waals surface area contributed by atoms with Crippen molar-refractivity contribution in [1.82, 2.24) is 19.6 Å². The van der Waals surface area contributed by atoms with Gasteiger partial charge >= 0.3 is 6.09 Å². The second kappa shape index (κ2) is 15.8. The van der Waals surface area contributed by atoms with Gasteiger partial charge in [-0.1, -0.05) is 56.4 Å². The lowest BCUT2D eigenvalue weighted by molar-refractivity contribution is 0.0231. The van der Waals surface area contributed by atoms with Crippen LogP contribution in [0.5, 0.6) is 0 Å². The van der Waals surface area contributed by atoms with E-state index in [1.54, 1.807) is 0 Å². The first-order chi connectivity index (χ1) is 19.7. The molecule has 7 atom stereocenters. The van der Waals surface area contributed by atoms with Crippen molar-refractivity contribution >= 4 is 6.09 Å². The van der Waals surface area contributed by atoms with Crippen molar-refractivity contribution in [3.05, 3.63) is 0 Å². The zero-order valence-electron chi connectivity index (χ0n) is 29.7. The summed E-state index contributed by atoms with van der Waals surface area (Å²) in [5.41, 5.74) is 0. The van der Waals surface area contributed by atoms with E-state index in [9.17, 15) is 4.79 Å². The quantitative estimate of drug-likeness (QED) is 0.297. The number of rotatable bonds is 6. The van der Waals surface area contributed by atoms with E-state index < -0.39 is 0 Å². The zero-order valence-corrected chi connectivity index (χ0v) is 29.7. The van der Waals surface area contributed by atoms with Crippen molar-refractivity contribution in [3.63, 3.8) is 0 Å². The van der Waals surface area contributed by atoms with Crippen LogP contribution in [0.1, 0.15) is 136 Å². The molecule has 0 spiro atoms. The summed E-state index contributed by atoms with van der Waals surface area (Å²) in [5.74, 6) is 4.33. The number of piperazine rings is 1. The molecule has 44 heavy (non-hydrogen) atoms. The van der Waals surface area contributed by atoms with E-state index in [2.05, 4.69) is 97.8 Å². The topological polar surface area (TPSA) is 39.3 Å². The second-order valence-corrected chi connectivity index (χ2v) is 16.5. The van der Waals surface area contributed by atoms with Crippen LogP contribution in [-0.2, 0) is 4.74 Å². The Balaban J connectivity index is 0.000000229. The number of fused-ring (bicyclic) bond motifs is 5. The molecule has 0 aromatic heterocycles. The molecule has 260 valence electrons. The van der Waals surface area contributed by atoms with Crippen LogP contribution in [0.3, 0.4) is 0 Å². The number of hydrogen-bond acceptors (Lipinski definition) is 5. The molecular formula is C38H76N4O2. The summed E-state index contributed by atoms with van der Waals surface area (Å²) in [6.45, 7) is 28.8. The normalized spacial score (nSPS) is 35.6. The molecule has 0 aromatic rings. The minimum absolute atomic E-state index is 0. The van der Waals surface area contributed by atoms with Gasteiger partial charge in [0.15, 0.2) is 0 Å². The second-order valence-electron chi connectivity index (χ2n) is 16.5. The lowest BCUT2D eigenvalue weighted by atomic mass is 9.80. The van der Waals surface area contributed by atoms with Crippen molar-refractivity contribution in [3.8, 4) is 0 Å². The molecule has 0 aromatic carbocycles. The molecule has 2 aliphatic carbocycles. The van der Waals surface area contributed by atoms with Gasteiger partial charge in [-0.05, 0) is 110 Å². The number of hydrogen-bond donors (Lipinski definition) is 0. The van der Waals surface area contributed by atoms with E-state index in [0.29, 0.717) is 30.1 Å². The van der Waals surface area contributed by atoms with Crippen LogP contribution in [0, 0.1) is 29.6 Å². The number of nitrogens with zero attached hydrogens (tertiary/aromatic N) is 4. The Labute approximate surface area is 275 Å². The minimum Gasteiger partial charge on any atom is -0.453 e. The van der Waals surface area contributed by atoms with Crippen LogP contribution in [0.15, 0.2) is 0 Å². The van der Waals surface area contributed by atoms with Gasteiger partial charge in [0.25, 0.3) is 0 Å². The molecule has 6 nitrogen and oxygen atoms in total. The Morgan fingerprint density at radius 2 is 1.00 bits per heavy atom. The van der Waals surface area contributed by atoms with Crippen LogP contribution in [0.4, 0.5) is 4.79 Å². The van der Waals surface area contributed by atoms with E-state index in [0.717, 1.165) is 72.9 Å². The molecule has 2 saturated carbocycles. The summed E-state index contributed by atoms with van der Waals surface area (Å²) >= 11 is 0. The van der Waals surface area contributed by atoms with Crippen molar-refractivity contribution in [2.24, 2.45) is 29.6 Å². The number of likely N-dealkylation sites (tertiary alicyclic amines) is 3. The van der Waals surface area contributed by atoms with Crippen LogP contribution in [0.25, 0.3) is 0 Å². The highest BCUT2D eigenvalue weighted by Gasteiger charge is 2.54. The number of methoxy groups -OCH3 is 1. The molecule has 7 aliphatic rings. The number of piperidine rings is 1. The first-order valence-corrected chi connectivity index (χ1v) is 17.9. The molecule has 5 saturated heterocycles. The highest BCUT2D eigenvalue weighted by molar-refractivity contribution is 5.69. The van der Waals surface area contributed by atoms with Crippen molar-refractivity contribution in [2.45, 2.75) is 197 Å². The Morgan fingerprint density at radius 3 is 1.41 bits per heavy atom. The van der Waals surface area contributed by atoms with Crippen LogP contribution in [0.2, 0.25) is 0 Å². The van der Waals surface area contributed by atoms with Gasteiger partial charge in [-0.3, -0.25) is 14.7 Å². The predicted molar refractivity (Wildman–Crippen MR) is 189 cm³/mol. The van der Waals surface area contributed by atoms with Crippen molar-refractivity contribution < 1.29 is 9.53 Å². The number of ether oxygens (including phenoxy) is 1. The molecule has 6 heteroatoms. The number of amides is 1. The van der Waals surface area contributed by atoms with Gasteiger partial charge in [-0.2, -0.15) is 0 Å². The highest BCUT2D eigenvalue weighted by Crippen LogP contribution is 2.49. The van der Waals surface area contributed by atoms with Crippen molar-refractivity contribution in [1.29, 1.82) is 0 Å². The van der Waals surface area contributed by atoms with E-state index in [4.69, 9.17) is 4.74 Å². The summed E-state index contributed by atoms with van der Waals surface area (Å²) in [7, 11) is 1.47. The minimum atomic E-state index is -0.161. The molecule has 7 rings (SSSR count). The third-order valence-corrected chi connectivity index (χ3v) is 11.8. The maximum absolute atomic E-state index is 11.7. The van der Waals surface area contributed by atoms with E-state index >= 15 is 0 Å². The van der Waals surface area contributed by atoms with E-state index in [1.807, 2.05) is 4.90 Å². The van der Waals surface area contributed by atoms with Gasteiger partial charge in [0.1, 0.15) is 0 Å². The Kier molecular flexibility index (Phi) is 14.1. The number of carbonyl (C=O) groups excluding carboxylic acids is 1. The van der Waals surface area contributed by atoms with Gasteiger partial charge in [-0.15, -0.1) is 0 Å². The molecule has 6 bridgehead atoms. The Bertz CT molecular complexity index is 844. The van der Waals surface area contributed by atoms with Gasteiger partial charge in [-0.25, -0.2) is 4.79 Å². The Hall–Kier alpha value is -0.850. The first-order valence-electron chi connectivity index (χ1n) is 17.9. The molecule has 5 heterocycles. The van der Waals surface area contributed by atoms with Gasteiger partial charge < -0.3 is 9.64 Å². The molecule has 7 fully saturated rings. The summed E-state index contributed by atoms with van der Waals surface area (Å²) in [5, 5.41) is 0. The molecular weight excluding hydrogens is 544 g/mol. The monoisotopic (exact) mass is 621 g/mol. The van der Waals surface area contributed by atoms with Gasteiger partial charge in [0.2, 0.25) is 0 Å². The van der Waals surface area contributed by atoms with Crippen molar-refractivity contribution in [2.75, 3.05) is 13.7 Å². The number of carbonyl (C=O) groups is 1. The Morgan fingerprint density at radius 1 is 0.568 bits per heavy atom. The van der Waals surface area contributed by atoms with E-state index in [1.165, 1.54) is 39.2 Å². The first kappa shape index (κ1) is 39.3. The average molecular weight is 621 g/mol. The van der Waals surface area contributed by atoms with E-state index in [-0.39, 0.29) is 20.9 Å². The lowest BCUT2D eigenvalue weighted by Gasteiger charge is -2.44. The summed E-state index contributed by atoms with van der Waals surface area (Å²) in [6, 6.07) is 7.07. The molecule has 5 aliphatic heterocycles. The fraction of sp³-hybridized carbons (Fsp3) is 0.974. The third kappa shape index (κ3) is 7.48. The van der Waals surface area contributed by atoms with Crippen LogP contribution >= 0.6 is 0 Å². The smallest absolute Gasteiger partial charge is 0.409 e. The van der Waals surface area contributed by atoms with Gasteiger partial charge in [0.05, 0.1) is 13.2 Å². The van der Waals surface area contributed by atoms with Gasteiger partial charge in [0, 0.05) is 60.9 Å². The average Bonchev–Trinajstić information content (AvgIpc) is 3.72. The molecule has 0 radical (unpaired) electrons. The third-order valence-electron chi connectivity index (χ3n) is 11.8. The largest absolute Gasteiger partial charge is 0.453 e. The summed E-state index contributed by atoms with van der Waals surface area (Å²) in [6.07, 6.45) is 8.37. The highest BCUT2D eigenvalue weighted by atomic mass is 16.5. The maximum atomic E-state index is 11.7. The lowest BCUT2D eigenvalue weighted by Crippen LogP contribution is -2.58. The maximum Gasteiger partial charge on any atom is 0.409 e. The predicted octanol–water partition coefficient (Wildman–Crippen LogP) is 8.63. The van der Waals surface area contributed by atoms with Crippen LogP contribution in [-0.4, -0.2) is 99.8 Å². The molecule has 0 N–H and O–H groups in total. The molecule has 1 amide bonds. The standard InChI is InChI=1S/C13H24N2O2.C12H23N.C11H21N.2CH4/c1-8(2)12-11-6-10(15(12)9(3)4)7-14(11)13(16)17-5;1-8(2)12-10-5-6-11(7-10)13(12)9(3)4;1-7(2)11-9-5-10(6-9)12(11)8(3)4;;/h8-12H,6-7H2,1-5H3;8-12H,5-7H2,1-4H3;7-11H,5-6H2,1-4H3;2*1H4/t2*10?,11?,12-;9?,10?,11-;;/m111../s1. The fourth-order valence-corrected chi connectivity index (χ4v) is 10.7. The van der Waals surface area contributed by atoms with Crippen LogP contribution < -0.4 is 0 Å². The fourth-order valence-electron chi connectivity index (χ4n) is 10.7. The zero-order chi connectivity index (χ0) is 31.2. The molecule has 4 unspecified atom stereocenters.